The molecule has 0 spiro atoms. The summed E-state index contributed by atoms with van der Waals surface area (Å²) >= 11 is 5.61. The Kier molecular flexibility index (Phi) is 3.99. The first-order valence-corrected chi connectivity index (χ1v) is 7.16. The molecule has 0 saturated carbocycles. The Morgan fingerprint density at radius 3 is 2.52 bits per heavy atom. The summed E-state index contributed by atoms with van der Waals surface area (Å²) in [5, 5.41) is 1.88. The molecule has 4 N–H and O–H groups in total. The normalized spacial score (nSPS) is 11.4. The zero-order valence-electron chi connectivity index (χ0n) is 10.1. The smallest absolute Gasteiger partial charge is 0.296 e. The van der Waals surface area contributed by atoms with E-state index in [1.54, 1.807) is 0 Å². The minimum atomic E-state index is -4.60. The molecule has 0 radical (unpaired) electrons. The number of nitrogens with two attached hydrogens (primary N) is 1. The Labute approximate surface area is 123 Å². The third kappa shape index (κ3) is 3.38. The van der Waals surface area contributed by atoms with Crippen molar-refractivity contribution in [3.63, 3.8) is 0 Å². The third-order valence-electron chi connectivity index (χ3n) is 2.44. The van der Waals surface area contributed by atoms with Crippen LogP contribution in [0.15, 0.2) is 29.2 Å². The predicted molar refractivity (Wildman–Crippen MR) is 73.1 cm³/mol. The van der Waals surface area contributed by atoms with Gasteiger partial charge in [-0.1, -0.05) is 11.6 Å². The lowest BCUT2D eigenvalue weighted by molar-refractivity contribution is 0.483. The van der Waals surface area contributed by atoms with Crippen LogP contribution in [0.3, 0.4) is 0 Å². The molecule has 0 saturated heterocycles. The highest BCUT2D eigenvalue weighted by Crippen LogP contribution is 2.31. The molecule has 0 unspecified atom stereocenters. The van der Waals surface area contributed by atoms with Crippen LogP contribution in [-0.4, -0.2) is 18.0 Å². The highest BCUT2D eigenvalue weighted by atomic mass is 35.5. The van der Waals surface area contributed by atoms with E-state index >= 15 is 0 Å². The fourth-order valence-electron chi connectivity index (χ4n) is 1.56. The first kappa shape index (κ1) is 15.4. The summed E-state index contributed by atoms with van der Waals surface area (Å²) in [5.74, 6) is -2.41. The van der Waals surface area contributed by atoms with Gasteiger partial charge < -0.3 is 11.1 Å². The lowest BCUT2D eigenvalue weighted by Crippen LogP contribution is -2.05. The van der Waals surface area contributed by atoms with Gasteiger partial charge in [-0.25, -0.2) is 0 Å². The van der Waals surface area contributed by atoms with Crippen LogP contribution in [0.5, 0.6) is 0 Å². The maximum Gasteiger partial charge on any atom is 0.296 e. The Morgan fingerprint density at radius 1 is 1.24 bits per heavy atom. The molecule has 10 heteroatoms. The highest BCUT2D eigenvalue weighted by Gasteiger charge is 2.18. The number of nitrogens with zero attached hydrogens (tertiary/aromatic N) is 1. The molecule has 1 heterocycles. The second kappa shape index (κ2) is 5.43. The molecule has 0 atom stereocenters. The summed E-state index contributed by atoms with van der Waals surface area (Å²) in [6.07, 6.45) is 0. The number of aromatic nitrogens is 1. The van der Waals surface area contributed by atoms with Gasteiger partial charge in [0.05, 0.1) is 11.4 Å². The van der Waals surface area contributed by atoms with Crippen LogP contribution in [0.4, 0.5) is 25.8 Å². The number of benzene rings is 1. The summed E-state index contributed by atoms with van der Waals surface area (Å²) in [6.45, 7) is 0. The van der Waals surface area contributed by atoms with Crippen LogP contribution in [-0.2, 0) is 10.1 Å². The zero-order valence-corrected chi connectivity index (χ0v) is 11.7. The van der Waals surface area contributed by atoms with Crippen LogP contribution in [0.1, 0.15) is 0 Å². The van der Waals surface area contributed by atoms with Crippen molar-refractivity contribution in [1.29, 1.82) is 0 Å². The molecule has 1 aromatic heterocycles. The van der Waals surface area contributed by atoms with E-state index in [0.717, 1.165) is 12.1 Å². The van der Waals surface area contributed by atoms with Gasteiger partial charge in [0.15, 0.2) is 0 Å². The van der Waals surface area contributed by atoms with Crippen LogP contribution in [0.25, 0.3) is 0 Å². The van der Waals surface area contributed by atoms with Crippen molar-refractivity contribution in [3.05, 3.63) is 41.2 Å². The van der Waals surface area contributed by atoms with Crippen molar-refractivity contribution >= 4 is 38.8 Å². The standard InChI is InChI=1S/C11H8ClF2N3O3S/c12-10-7(4-9(13)17-11(10)14)16-6-2-1-5(15)3-8(6)21(18,19)20/h1-4H,15H2,(H,16,17)(H,18,19,20). The van der Waals surface area contributed by atoms with Crippen LogP contribution in [0.2, 0.25) is 5.02 Å². The number of nitrogens with one attached hydrogen (secondary N) is 1. The number of pyridine rings is 1. The van der Waals surface area contributed by atoms with Crippen LogP contribution < -0.4 is 11.1 Å². The average molecular weight is 336 g/mol. The molecule has 0 aliphatic heterocycles. The topological polar surface area (TPSA) is 105 Å². The van der Waals surface area contributed by atoms with E-state index in [9.17, 15) is 17.2 Å². The first-order chi connectivity index (χ1) is 9.68. The van der Waals surface area contributed by atoms with Gasteiger partial charge in [0.1, 0.15) is 9.92 Å². The largest absolute Gasteiger partial charge is 0.399 e. The lowest BCUT2D eigenvalue weighted by Gasteiger charge is -2.12. The van der Waals surface area contributed by atoms with Gasteiger partial charge in [0, 0.05) is 11.8 Å². The van der Waals surface area contributed by atoms with Crippen LogP contribution >= 0.6 is 11.6 Å². The second-order valence-corrected chi connectivity index (χ2v) is 5.72. The van der Waals surface area contributed by atoms with E-state index in [0.29, 0.717) is 0 Å². The quantitative estimate of drug-likeness (QED) is 0.452. The monoisotopic (exact) mass is 335 g/mol. The van der Waals surface area contributed by atoms with E-state index in [1.165, 1.54) is 12.1 Å². The average Bonchev–Trinajstić information content (AvgIpc) is 2.36. The molecule has 0 aliphatic rings. The van der Waals surface area contributed by atoms with E-state index < -0.39 is 31.9 Å². The third-order valence-corrected chi connectivity index (χ3v) is 3.69. The number of hydrogen-bond donors (Lipinski definition) is 3. The molecular weight excluding hydrogens is 328 g/mol. The van der Waals surface area contributed by atoms with Crippen molar-refractivity contribution < 1.29 is 21.8 Å². The summed E-state index contributed by atoms with van der Waals surface area (Å²) < 4.78 is 58.0. The number of hydrogen-bond acceptors (Lipinski definition) is 5. The van der Waals surface area contributed by atoms with E-state index in [-0.39, 0.29) is 17.1 Å². The van der Waals surface area contributed by atoms with Gasteiger partial charge in [0.25, 0.3) is 10.1 Å². The molecule has 1 aromatic carbocycles. The molecule has 6 nitrogen and oxygen atoms in total. The van der Waals surface area contributed by atoms with Crippen molar-refractivity contribution in [2.24, 2.45) is 0 Å². The Bertz CT molecular complexity index is 815. The van der Waals surface area contributed by atoms with Crippen molar-refractivity contribution in [2.75, 3.05) is 11.1 Å². The highest BCUT2D eigenvalue weighted by molar-refractivity contribution is 7.86. The second-order valence-electron chi connectivity index (χ2n) is 3.95. The van der Waals surface area contributed by atoms with E-state index in [2.05, 4.69) is 10.3 Å². The summed E-state index contributed by atoms with van der Waals surface area (Å²) in [7, 11) is -4.60. The molecular formula is C11H8ClF2N3O3S. The minimum Gasteiger partial charge on any atom is -0.399 e. The number of anilines is 3. The minimum absolute atomic E-state index is 0.0753. The number of rotatable bonds is 3. The Morgan fingerprint density at radius 2 is 1.90 bits per heavy atom. The van der Waals surface area contributed by atoms with Gasteiger partial charge in [-0.2, -0.15) is 22.2 Å². The summed E-state index contributed by atoms with van der Waals surface area (Å²) in [4.78, 5) is 2.31. The van der Waals surface area contributed by atoms with Gasteiger partial charge in [0.2, 0.25) is 11.9 Å². The molecule has 2 aromatic rings. The van der Waals surface area contributed by atoms with Crippen molar-refractivity contribution in [1.82, 2.24) is 4.98 Å². The maximum atomic E-state index is 13.2. The van der Waals surface area contributed by atoms with Crippen molar-refractivity contribution in [2.45, 2.75) is 4.90 Å². The fourth-order valence-corrected chi connectivity index (χ4v) is 2.39. The van der Waals surface area contributed by atoms with Gasteiger partial charge >= 0.3 is 0 Å². The van der Waals surface area contributed by atoms with E-state index in [4.69, 9.17) is 21.9 Å². The SMILES string of the molecule is Nc1ccc(Nc2cc(F)nc(F)c2Cl)c(S(=O)(=O)O)c1. The first-order valence-electron chi connectivity index (χ1n) is 5.34. The lowest BCUT2D eigenvalue weighted by atomic mass is 10.2. The predicted octanol–water partition coefficient (Wildman–Crippen LogP) is 2.59. The molecule has 0 amide bonds. The van der Waals surface area contributed by atoms with Gasteiger partial charge in [-0.05, 0) is 18.2 Å². The molecule has 2 rings (SSSR count). The van der Waals surface area contributed by atoms with E-state index in [1.807, 2.05) is 0 Å². The molecule has 21 heavy (non-hydrogen) atoms. The number of halogens is 3. The molecule has 0 fully saturated rings. The molecule has 112 valence electrons. The molecule has 0 bridgehead atoms. The van der Waals surface area contributed by atoms with Gasteiger partial charge in [-0.3, -0.25) is 4.55 Å². The molecule has 0 aliphatic carbocycles. The summed E-state index contributed by atoms with van der Waals surface area (Å²) in [6, 6.07) is 4.30. The summed E-state index contributed by atoms with van der Waals surface area (Å²) in [5.41, 5.74) is 5.10. The Balaban J connectivity index is 2.55. The zero-order chi connectivity index (χ0) is 15.8. The maximum absolute atomic E-state index is 13.2. The number of nitrogen functional groups attached to an aromatic ring is 1. The van der Waals surface area contributed by atoms with Crippen molar-refractivity contribution in [3.8, 4) is 0 Å². The Hall–Kier alpha value is -1.97. The van der Waals surface area contributed by atoms with Crippen LogP contribution in [0, 0.1) is 11.9 Å². The fraction of sp³-hybridized carbons (Fsp3) is 0. The van der Waals surface area contributed by atoms with Gasteiger partial charge in [-0.15, -0.1) is 0 Å².